The number of aliphatic carboxylic acids is 1. The molecule has 0 radical (unpaired) electrons. The van der Waals surface area contributed by atoms with Gasteiger partial charge in [0, 0.05) is 19.6 Å². The third-order valence-electron chi connectivity index (χ3n) is 3.35. The Balaban J connectivity index is 1.93. The van der Waals surface area contributed by atoms with Crippen LogP contribution in [0.25, 0.3) is 0 Å². The molecule has 1 aliphatic carbocycles. The van der Waals surface area contributed by atoms with Gasteiger partial charge in [0.2, 0.25) is 0 Å². The molecule has 0 aromatic heterocycles. The van der Waals surface area contributed by atoms with E-state index in [1.807, 2.05) is 4.90 Å². The molecule has 0 aromatic carbocycles. The molecule has 0 aromatic rings. The minimum absolute atomic E-state index is 0.135. The van der Waals surface area contributed by atoms with Crippen LogP contribution in [0, 0.1) is 5.92 Å². The van der Waals surface area contributed by atoms with Crippen molar-refractivity contribution in [1.29, 1.82) is 0 Å². The first kappa shape index (κ1) is 10.3. The van der Waals surface area contributed by atoms with Crippen LogP contribution < -0.4 is 0 Å². The van der Waals surface area contributed by atoms with Gasteiger partial charge in [0.05, 0.1) is 0 Å². The smallest absolute Gasteiger partial charge is 0.323 e. The lowest BCUT2D eigenvalue weighted by atomic mass is 10.1. The van der Waals surface area contributed by atoms with Gasteiger partial charge in [-0.15, -0.1) is 0 Å². The molecule has 2 amide bonds. The Labute approximate surface area is 88.6 Å². The Morgan fingerprint density at radius 2 is 2.20 bits per heavy atom. The van der Waals surface area contributed by atoms with Gasteiger partial charge in [0.15, 0.2) is 0 Å². The minimum Gasteiger partial charge on any atom is -0.480 e. The molecule has 5 heteroatoms. The largest absolute Gasteiger partial charge is 0.480 e. The summed E-state index contributed by atoms with van der Waals surface area (Å²) in [5.74, 6) is -0.313. The number of piperidine rings is 1. The fraction of sp³-hybridized carbons (Fsp3) is 0.800. The van der Waals surface area contributed by atoms with Gasteiger partial charge in [0.1, 0.15) is 6.54 Å². The molecule has 84 valence electrons. The van der Waals surface area contributed by atoms with E-state index in [-0.39, 0.29) is 12.6 Å². The van der Waals surface area contributed by atoms with E-state index in [9.17, 15) is 9.59 Å². The second-order valence-corrected chi connectivity index (χ2v) is 4.52. The summed E-state index contributed by atoms with van der Waals surface area (Å²) in [5.41, 5.74) is 0. The number of carboxylic acid groups (broad SMARTS) is 1. The van der Waals surface area contributed by atoms with E-state index in [0.29, 0.717) is 12.0 Å². The van der Waals surface area contributed by atoms with Crippen molar-refractivity contribution in [3.8, 4) is 0 Å². The third-order valence-corrected chi connectivity index (χ3v) is 3.35. The number of carbonyl (C=O) groups excluding carboxylic acids is 1. The summed E-state index contributed by atoms with van der Waals surface area (Å²) in [6.07, 6.45) is 3.40. The zero-order valence-corrected chi connectivity index (χ0v) is 8.85. The molecule has 2 aliphatic rings. The number of carboxylic acids is 1. The van der Waals surface area contributed by atoms with Gasteiger partial charge in [-0.05, 0) is 25.2 Å². The number of likely N-dealkylation sites (tertiary alicyclic amines) is 1. The van der Waals surface area contributed by atoms with Crippen LogP contribution in [0.5, 0.6) is 0 Å². The van der Waals surface area contributed by atoms with Gasteiger partial charge < -0.3 is 14.9 Å². The highest BCUT2D eigenvalue weighted by atomic mass is 16.4. The summed E-state index contributed by atoms with van der Waals surface area (Å²) >= 11 is 0. The summed E-state index contributed by atoms with van der Waals surface area (Å²) in [4.78, 5) is 25.4. The van der Waals surface area contributed by atoms with Crippen molar-refractivity contribution >= 4 is 12.0 Å². The Morgan fingerprint density at radius 1 is 1.47 bits per heavy atom. The van der Waals surface area contributed by atoms with Crippen LogP contribution in [0.4, 0.5) is 4.79 Å². The van der Waals surface area contributed by atoms with Crippen LogP contribution >= 0.6 is 0 Å². The minimum atomic E-state index is -0.963. The first-order valence-corrected chi connectivity index (χ1v) is 5.31. The summed E-state index contributed by atoms with van der Waals surface area (Å²) in [7, 11) is 1.54. The highest BCUT2D eigenvalue weighted by Crippen LogP contribution is 2.37. The molecule has 1 saturated heterocycles. The van der Waals surface area contributed by atoms with Crippen molar-refractivity contribution < 1.29 is 14.7 Å². The van der Waals surface area contributed by atoms with Crippen molar-refractivity contribution in [2.24, 2.45) is 5.92 Å². The lowest BCUT2D eigenvalue weighted by Gasteiger charge is -2.30. The number of amides is 2. The predicted molar refractivity (Wildman–Crippen MR) is 53.5 cm³/mol. The number of carbonyl (C=O) groups is 2. The van der Waals surface area contributed by atoms with Crippen molar-refractivity contribution in [2.75, 3.05) is 20.1 Å². The molecule has 2 unspecified atom stereocenters. The van der Waals surface area contributed by atoms with E-state index >= 15 is 0 Å². The van der Waals surface area contributed by atoms with Crippen molar-refractivity contribution in [2.45, 2.75) is 25.3 Å². The molecule has 2 fully saturated rings. The SMILES string of the molecule is CN(CC(=O)O)C(=O)N1CC2CCC1C2. The van der Waals surface area contributed by atoms with Crippen LogP contribution in [0.2, 0.25) is 0 Å². The maximum absolute atomic E-state index is 11.9. The fourth-order valence-corrected chi connectivity index (χ4v) is 2.65. The normalized spacial score (nSPS) is 28.2. The molecule has 1 saturated carbocycles. The average Bonchev–Trinajstić information content (AvgIpc) is 2.76. The van der Waals surface area contributed by atoms with Gasteiger partial charge in [-0.3, -0.25) is 4.79 Å². The van der Waals surface area contributed by atoms with Crippen LogP contribution in [-0.4, -0.2) is 53.1 Å². The monoisotopic (exact) mass is 212 g/mol. The molecule has 2 rings (SSSR count). The Hall–Kier alpha value is -1.26. The fourth-order valence-electron chi connectivity index (χ4n) is 2.65. The standard InChI is InChI=1S/C10H16N2O3/c1-11(6-9(13)14)10(15)12-5-7-2-3-8(12)4-7/h7-8H,2-6H2,1H3,(H,13,14). The number of rotatable bonds is 2. The molecule has 5 nitrogen and oxygen atoms in total. The molecule has 2 atom stereocenters. The van der Waals surface area contributed by atoms with Gasteiger partial charge >= 0.3 is 12.0 Å². The second-order valence-electron chi connectivity index (χ2n) is 4.52. The van der Waals surface area contributed by atoms with Crippen LogP contribution in [0.3, 0.4) is 0 Å². The topological polar surface area (TPSA) is 60.9 Å². The quantitative estimate of drug-likeness (QED) is 0.729. The lowest BCUT2D eigenvalue weighted by Crippen LogP contribution is -2.46. The Kier molecular flexibility index (Phi) is 2.54. The second kappa shape index (κ2) is 3.72. The van der Waals surface area contributed by atoms with E-state index < -0.39 is 5.97 Å². The van der Waals surface area contributed by atoms with E-state index in [2.05, 4.69) is 0 Å². The molecular formula is C10H16N2O3. The Bertz CT molecular complexity index is 292. The van der Waals surface area contributed by atoms with Gasteiger partial charge in [-0.1, -0.05) is 0 Å². The number of likely N-dealkylation sites (N-methyl/N-ethyl adjacent to an activating group) is 1. The maximum Gasteiger partial charge on any atom is 0.323 e. The summed E-state index contributed by atoms with van der Waals surface area (Å²) in [6, 6.07) is 0.225. The number of nitrogens with zero attached hydrogens (tertiary/aromatic N) is 2. The number of hydrogen-bond donors (Lipinski definition) is 1. The van der Waals surface area contributed by atoms with Gasteiger partial charge in [-0.25, -0.2) is 4.79 Å². The van der Waals surface area contributed by atoms with Crippen molar-refractivity contribution in [3.63, 3.8) is 0 Å². The Morgan fingerprint density at radius 3 is 2.67 bits per heavy atom. The summed E-state index contributed by atoms with van der Waals surface area (Å²) in [6.45, 7) is 0.597. The number of urea groups is 1. The number of hydrogen-bond acceptors (Lipinski definition) is 2. The average molecular weight is 212 g/mol. The molecule has 0 spiro atoms. The first-order chi connectivity index (χ1) is 7.08. The highest BCUT2D eigenvalue weighted by molar-refractivity contribution is 5.80. The zero-order valence-electron chi connectivity index (χ0n) is 8.85. The van der Waals surface area contributed by atoms with Gasteiger partial charge in [0.25, 0.3) is 0 Å². The maximum atomic E-state index is 11.9. The van der Waals surface area contributed by atoms with E-state index in [0.717, 1.165) is 19.4 Å². The highest BCUT2D eigenvalue weighted by Gasteiger charge is 2.41. The molecule has 2 bridgehead atoms. The summed E-state index contributed by atoms with van der Waals surface area (Å²) < 4.78 is 0. The molecular weight excluding hydrogens is 196 g/mol. The van der Waals surface area contributed by atoms with Crippen LogP contribution in [0.1, 0.15) is 19.3 Å². The van der Waals surface area contributed by atoms with Crippen molar-refractivity contribution in [3.05, 3.63) is 0 Å². The summed E-state index contributed by atoms with van der Waals surface area (Å²) in [5, 5.41) is 8.60. The zero-order chi connectivity index (χ0) is 11.0. The third kappa shape index (κ3) is 1.91. The van der Waals surface area contributed by atoms with Crippen molar-refractivity contribution in [1.82, 2.24) is 9.80 Å². The van der Waals surface area contributed by atoms with E-state index in [1.165, 1.54) is 11.3 Å². The molecule has 1 heterocycles. The molecule has 1 N–H and O–H groups in total. The number of fused-ring (bicyclic) bond motifs is 2. The van der Waals surface area contributed by atoms with Crippen LogP contribution in [-0.2, 0) is 4.79 Å². The van der Waals surface area contributed by atoms with E-state index in [1.54, 1.807) is 7.05 Å². The van der Waals surface area contributed by atoms with Crippen LogP contribution in [0.15, 0.2) is 0 Å². The first-order valence-electron chi connectivity index (χ1n) is 5.31. The molecule has 1 aliphatic heterocycles. The predicted octanol–water partition coefficient (Wildman–Crippen LogP) is 0.607. The molecule has 15 heavy (non-hydrogen) atoms. The van der Waals surface area contributed by atoms with E-state index in [4.69, 9.17) is 5.11 Å². The lowest BCUT2D eigenvalue weighted by molar-refractivity contribution is -0.137. The van der Waals surface area contributed by atoms with Gasteiger partial charge in [-0.2, -0.15) is 0 Å².